The van der Waals surface area contributed by atoms with Crippen molar-refractivity contribution in [1.82, 2.24) is 0 Å². The van der Waals surface area contributed by atoms with Crippen molar-refractivity contribution in [2.24, 2.45) is 5.92 Å². The summed E-state index contributed by atoms with van der Waals surface area (Å²) in [6.45, 7) is 11.8. The topological polar surface area (TPSA) is 12.0 Å². The normalized spacial score (nSPS) is 24.7. The SMILES string of the molecule is C=Cc1cc(NC(=C)C2C(c3cc(C)cc(F)c3)C2(C)Cl)ccc1Cl. The molecule has 0 bridgehead atoms. The van der Waals surface area contributed by atoms with Gasteiger partial charge in [0.15, 0.2) is 0 Å². The number of halogens is 3. The molecule has 1 N–H and O–H groups in total. The van der Waals surface area contributed by atoms with Gasteiger partial charge in [0, 0.05) is 28.2 Å². The molecular formula is C21H20Cl2FN. The van der Waals surface area contributed by atoms with E-state index in [1.165, 1.54) is 6.07 Å². The average molecular weight is 376 g/mol. The van der Waals surface area contributed by atoms with E-state index < -0.39 is 4.87 Å². The molecule has 0 saturated heterocycles. The molecule has 1 saturated carbocycles. The third kappa shape index (κ3) is 3.47. The fourth-order valence-corrected chi connectivity index (χ4v) is 4.17. The Morgan fingerprint density at radius 3 is 2.64 bits per heavy atom. The van der Waals surface area contributed by atoms with Crippen LogP contribution in [0.3, 0.4) is 0 Å². The van der Waals surface area contributed by atoms with Crippen LogP contribution in [0.4, 0.5) is 10.1 Å². The fraction of sp³-hybridized carbons (Fsp3) is 0.238. The second kappa shape index (κ2) is 6.51. The van der Waals surface area contributed by atoms with Crippen molar-refractivity contribution in [3.63, 3.8) is 0 Å². The van der Waals surface area contributed by atoms with E-state index in [4.69, 9.17) is 23.2 Å². The largest absolute Gasteiger partial charge is 0.359 e. The first-order valence-corrected chi connectivity index (χ1v) is 8.83. The molecule has 2 aromatic carbocycles. The van der Waals surface area contributed by atoms with Gasteiger partial charge in [-0.1, -0.05) is 36.9 Å². The molecule has 0 aromatic heterocycles. The Balaban J connectivity index is 1.82. The van der Waals surface area contributed by atoms with Crippen LogP contribution in [0, 0.1) is 18.7 Å². The molecule has 0 heterocycles. The molecule has 130 valence electrons. The van der Waals surface area contributed by atoms with E-state index in [0.717, 1.165) is 28.1 Å². The van der Waals surface area contributed by atoms with Gasteiger partial charge in [0.05, 0.1) is 4.87 Å². The number of alkyl halides is 1. The Bertz CT molecular complexity index is 837. The van der Waals surface area contributed by atoms with Crippen LogP contribution in [-0.2, 0) is 0 Å². The molecule has 1 aliphatic rings. The summed E-state index contributed by atoms with van der Waals surface area (Å²) in [6.07, 6.45) is 1.71. The molecule has 3 atom stereocenters. The van der Waals surface area contributed by atoms with Gasteiger partial charge in [0.2, 0.25) is 0 Å². The van der Waals surface area contributed by atoms with Gasteiger partial charge in [-0.15, -0.1) is 11.6 Å². The summed E-state index contributed by atoms with van der Waals surface area (Å²) < 4.78 is 13.8. The second-order valence-corrected chi connectivity index (χ2v) is 7.98. The average Bonchev–Trinajstić information content (AvgIpc) is 3.11. The lowest BCUT2D eigenvalue weighted by molar-refractivity contribution is 0.623. The molecule has 1 fully saturated rings. The van der Waals surface area contributed by atoms with E-state index in [1.807, 2.05) is 38.1 Å². The highest BCUT2D eigenvalue weighted by Crippen LogP contribution is 2.64. The van der Waals surface area contributed by atoms with Crippen molar-refractivity contribution >= 4 is 35.0 Å². The van der Waals surface area contributed by atoms with E-state index in [0.29, 0.717) is 5.02 Å². The van der Waals surface area contributed by atoms with Crippen LogP contribution in [0.1, 0.15) is 29.5 Å². The number of hydrogen-bond donors (Lipinski definition) is 1. The summed E-state index contributed by atoms with van der Waals surface area (Å²) in [5.74, 6) is -0.201. The van der Waals surface area contributed by atoms with Gasteiger partial charge >= 0.3 is 0 Å². The van der Waals surface area contributed by atoms with Gasteiger partial charge in [0.1, 0.15) is 5.82 Å². The van der Waals surface area contributed by atoms with Crippen LogP contribution < -0.4 is 5.32 Å². The van der Waals surface area contributed by atoms with E-state index in [2.05, 4.69) is 18.5 Å². The van der Waals surface area contributed by atoms with Crippen LogP contribution >= 0.6 is 23.2 Å². The maximum absolute atomic E-state index is 13.8. The standard InChI is InChI=1S/C21H20Cl2FN/c1-5-14-11-17(6-7-18(14)22)25-13(3)19-20(21(19,4)23)15-8-12(2)9-16(24)10-15/h5-11,19-20,25H,1,3H2,2,4H3. The van der Waals surface area contributed by atoms with E-state index in [9.17, 15) is 4.39 Å². The molecule has 25 heavy (non-hydrogen) atoms. The minimum atomic E-state index is -0.488. The highest BCUT2D eigenvalue weighted by molar-refractivity contribution is 6.32. The van der Waals surface area contributed by atoms with Crippen LogP contribution in [0.5, 0.6) is 0 Å². The van der Waals surface area contributed by atoms with E-state index in [-0.39, 0.29) is 17.7 Å². The summed E-state index contributed by atoms with van der Waals surface area (Å²) in [5, 5.41) is 3.96. The zero-order valence-corrected chi connectivity index (χ0v) is 15.8. The predicted octanol–water partition coefficient (Wildman–Crippen LogP) is 6.77. The molecule has 4 heteroatoms. The summed E-state index contributed by atoms with van der Waals surface area (Å²) in [4.78, 5) is -0.488. The van der Waals surface area contributed by atoms with Gasteiger partial charge in [-0.2, -0.15) is 0 Å². The molecule has 0 radical (unpaired) electrons. The number of aryl methyl sites for hydroxylation is 1. The Kier molecular flexibility index (Phi) is 4.70. The molecule has 0 amide bonds. The zero-order valence-electron chi connectivity index (χ0n) is 14.2. The number of anilines is 1. The van der Waals surface area contributed by atoms with Crippen molar-refractivity contribution in [3.8, 4) is 0 Å². The Morgan fingerprint density at radius 1 is 1.28 bits per heavy atom. The number of nitrogens with one attached hydrogen (secondary N) is 1. The first kappa shape index (κ1) is 18.0. The van der Waals surface area contributed by atoms with E-state index in [1.54, 1.807) is 12.1 Å². The van der Waals surface area contributed by atoms with Gasteiger partial charge in [-0.3, -0.25) is 0 Å². The minimum absolute atomic E-state index is 0.0122. The highest BCUT2D eigenvalue weighted by Gasteiger charge is 2.62. The van der Waals surface area contributed by atoms with Gasteiger partial charge < -0.3 is 5.32 Å². The molecule has 3 rings (SSSR count). The van der Waals surface area contributed by atoms with Gasteiger partial charge in [-0.05, 0) is 60.9 Å². The maximum Gasteiger partial charge on any atom is 0.123 e. The zero-order chi connectivity index (χ0) is 18.4. The molecule has 2 aromatic rings. The Morgan fingerprint density at radius 2 is 2.00 bits per heavy atom. The van der Waals surface area contributed by atoms with Crippen molar-refractivity contribution < 1.29 is 4.39 Å². The number of rotatable bonds is 5. The molecule has 1 nitrogen and oxygen atoms in total. The van der Waals surface area contributed by atoms with E-state index >= 15 is 0 Å². The third-order valence-electron chi connectivity index (χ3n) is 4.76. The Hall–Kier alpha value is -1.77. The summed E-state index contributed by atoms with van der Waals surface area (Å²) in [6, 6.07) is 10.7. The minimum Gasteiger partial charge on any atom is -0.359 e. The molecule has 0 spiro atoms. The molecule has 3 unspecified atom stereocenters. The lowest BCUT2D eigenvalue weighted by Gasteiger charge is -2.12. The molecular weight excluding hydrogens is 356 g/mol. The summed E-state index contributed by atoms with van der Waals surface area (Å²) in [7, 11) is 0. The van der Waals surface area contributed by atoms with Crippen LogP contribution in [0.2, 0.25) is 5.02 Å². The van der Waals surface area contributed by atoms with Crippen LogP contribution in [-0.4, -0.2) is 4.87 Å². The summed E-state index contributed by atoms with van der Waals surface area (Å²) >= 11 is 12.8. The second-order valence-electron chi connectivity index (χ2n) is 6.76. The molecule has 0 aliphatic heterocycles. The highest BCUT2D eigenvalue weighted by atomic mass is 35.5. The van der Waals surface area contributed by atoms with Crippen molar-refractivity contribution in [2.45, 2.75) is 24.6 Å². The maximum atomic E-state index is 13.8. The lowest BCUT2D eigenvalue weighted by atomic mass is 10.0. The lowest BCUT2D eigenvalue weighted by Crippen LogP contribution is -2.05. The Labute approximate surface area is 158 Å². The first-order valence-electron chi connectivity index (χ1n) is 8.08. The predicted molar refractivity (Wildman–Crippen MR) is 106 cm³/mol. The number of hydrogen-bond acceptors (Lipinski definition) is 1. The fourth-order valence-electron chi connectivity index (χ4n) is 3.53. The number of benzene rings is 2. The van der Waals surface area contributed by atoms with Crippen molar-refractivity contribution in [3.05, 3.63) is 82.8 Å². The van der Waals surface area contributed by atoms with Crippen molar-refractivity contribution in [1.29, 1.82) is 0 Å². The van der Waals surface area contributed by atoms with Gasteiger partial charge in [-0.25, -0.2) is 4.39 Å². The van der Waals surface area contributed by atoms with Crippen LogP contribution in [0.15, 0.2) is 55.3 Å². The quantitative estimate of drug-likeness (QED) is 0.568. The monoisotopic (exact) mass is 375 g/mol. The number of allylic oxidation sites excluding steroid dienone is 1. The van der Waals surface area contributed by atoms with Gasteiger partial charge in [0.25, 0.3) is 0 Å². The van der Waals surface area contributed by atoms with Crippen molar-refractivity contribution in [2.75, 3.05) is 5.32 Å². The smallest absolute Gasteiger partial charge is 0.123 e. The first-order chi connectivity index (χ1) is 11.7. The van der Waals surface area contributed by atoms with Crippen LogP contribution in [0.25, 0.3) is 6.08 Å². The third-order valence-corrected chi connectivity index (χ3v) is 5.57. The summed E-state index contributed by atoms with van der Waals surface area (Å²) in [5.41, 5.74) is 4.33. The molecule has 1 aliphatic carbocycles.